The molecule has 1 fully saturated rings. The summed E-state index contributed by atoms with van der Waals surface area (Å²) in [5, 5.41) is 13.5. The molecule has 10 heteroatoms. The average molecular weight is 347 g/mol. The highest BCUT2D eigenvalue weighted by Crippen LogP contribution is 2.35. The van der Waals surface area contributed by atoms with E-state index < -0.39 is 15.6 Å². The lowest BCUT2D eigenvalue weighted by Gasteiger charge is -2.47. The second-order valence-corrected chi connectivity index (χ2v) is 7.99. The van der Waals surface area contributed by atoms with Crippen LogP contribution in [-0.4, -0.2) is 51.3 Å². The summed E-state index contributed by atoms with van der Waals surface area (Å²) in [6.07, 6.45) is 6.42. The van der Waals surface area contributed by atoms with Crippen molar-refractivity contribution in [1.29, 1.82) is 5.26 Å². The molecule has 0 unspecified atom stereocenters. The van der Waals surface area contributed by atoms with Gasteiger partial charge in [-0.25, -0.2) is 18.4 Å². The minimum absolute atomic E-state index is 0.0391. The van der Waals surface area contributed by atoms with Gasteiger partial charge in [0.25, 0.3) is 0 Å². The first-order valence-corrected chi connectivity index (χ1v) is 8.98. The lowest BCUT2D eigenvalue weighted by molar-refractivity contribution is 0.0719. The molecule has 0 aliphatic carbocycles. The summed E-state index contributed by atoms with van der Waals surface area (Å²) in [5.74, 6) is 0.0391. The first-order chi connectivity index (χ1) is 11.4. The van der Waals surface area contributed by atoms with Crippen LogP contribution in [0.4, 0.5) is 5.69 Å². The van der Waals surface area contributed by atoms with E-state index in [2.05, 4.69) is 21.1 Å². The maximum absolute atomic E-state index is 12.0. The van der Waals surface area contributed by atoms with Crippen LogP contribution >= 0.6 is 0 Å². The Morgan fingerprint density at radius 2 is 2.17 bits per heavy atom. The highest BCUT2D eigenvalue weighted by atomic mass is 32.2. The number of hydrogen-bond donors (Lipinski definition) is 1. The number of nitrogens with zero attached hydrogens (tertiary/aromatic N) is 6. The zero-order chi connectivity index (χ0) is 17.4. The molecule has 1 aliphatic rings. The predicted molar refractivity (Wildman–Crippen MR) is 86.9 cm³/mol. The molecule has 0 atom stereocenters. The molecule has 0 aromatic carbocycles. The summed E-state index contributed by atoms with van der Waals surface area (Å²) >= 11 is 0. The Hall–Kier alpha value is -2.51. The van der Waals surface area contributed by atoms with Crippen LogP contribution in [0.15, 0.2) is 24.9 Å². The van der Waals surface area contributed by atoms with Gasteiger partial charge in [0.1, 0.15) is 11.9 Å². The van der Waals surface area contributed by atoms with Crippen molar-refractivity contribution in [2.45, 2.75) is 18.9 Å². The van der Waals surface area contributed by atoms with Gasteiger partial charge in [-0.2, -0.15) is 14.7 Å². The summed E-state index contributed by atoms with van der Waals surface area (Å²) in [6, 6.07) is 2.13. The Morgan fingerprint density at radius 3 is 2.79 bits per heavy atom. The number of anilines is 1. The maximum Gasteiger partial charge on any atom is 0.213 e. The van der Waals surface area contributed by atoms with Crippen LogP contribution in [0.5, 0.6) is 0 Å². The number of sulfonamides is 1. The molecule has 3 rings (SSSR count). The molecular formula is C14H17N7O2S. The van der Waals surface area contributed by atoms with E-state index >= 15 is 0 Å². The van der Waals surface area contributed by atoms with Gasteiger partial charge in [0.05, 0.1) is 42.0 Å². The van der Waals surface area contributed by atoms with Gasteiger partial charge in [-0.3, -0.25) is 4.68 Å². The smallest absolute Gasteiger partial charge is 0.213 e. The van der Waals surface area contributed by atoms with Gasteiger partial charge in [-0.05, 0) is 6.92 Å². The summed E-state index contributed by atoms with van der Waals surface area (Å²) in [6.45, 7) is 2.07. The van der Waals surface area contributed by atoms with Gasteiger partial charge in [0, 0.05) is 24.8 Å². The van der Waals surface area contributed by atoms with Crippen molar-refractivity contribution in [2.24, 2.45) is 0 Å². The molecule has 0 bridgehead atoms. The minimum Gasteiger partial charge on any atom is -0.396 e. The van der Waals surface area contributed by atoms with Gasteiger partial charge in [0.15, 0.2) is 0 Å². The second-order valence-electron chi connectivity index (χ2n) is 5.73. The molecule has 1 saturated heterocycles. The van der Waals surface area contributed by atoms with Gasteiger partial charge in [0.2, 0.25) is 10.0 Å². The fraction of sp³-hybridized carbons (Fsp3) is 0.429. The van der Waals surface area contributed by atoms with E-state index in [0.29, 0.717) is 16.9 Å². The first kappa shape index (κ1) is 16.4. The van der Waals surface area contributed by atoms with E-state index in [0.717, 1.165) is 0 Å². The Morgan fingerprint density at radius 1 is 1.42 bits per heavy atom. The zero-order valence-corrected chi connectivity index (χ0v) is 13.9. The third-order valence-corrected chi connectivity index (χ3v) is 5.96. The first-order valence-electron chi connectivity index (χ1n) is 7.37. The molecule has 9 nitrogen and oxygen atoms in total. The largest absolute Gasteiger partial charge is 0.396 e. The van der Waals surface area contributed by atoms with Crippen molar-refractivity contribution in [1.82, 2.24) is 24.1 Å². The standard InChI is InChI=1S/C14H17N7O2S/c1-2-24(22,23)20-8-14(9-20,3-4-15)21-7-11(5-19-21)13-12(16)6-17-10-18-13/h5-7,10H,2-3,8-9,16H2,1H3. The van der Waals surface area contributed by atoms with Crippen LogP contribution < -0.4 is 5.73 Å². The third-order valence-electron chi connectivity index (χ3n) is 4.19. The zero-order valence-electron chi connectivity index (χ0n) is 13.1. The Labute approximate surface area is 139 Å². The van der Waals surface area contributed by atoms with E-state index in [9.17, 15) is 8.42 Å². The number of nitrogens with two attached hydrogens (primary N) is 1. The number of nitriles is 1. The van der Waals surface area contributed by atoms with Gasteiger partial charge >= 0.3 is 0 Å². The minimum atomic E-state index is -3.27. The van der Waals surface area contributed by atoms with Gasteiger partial charge in [-0.15, -0.1) is 0 Å². The monoisotopic (exact) mass is 347 g/mol. The van der Waals surface area contributed by atoms with E-state index in [4.69, 9.17) is 11.0 Å². The van der Waals surface area contributed by atoms with Crippen LogP contribution in [0.2, 0.25) is 0 Å². The summed E-state index contributed by atoms with van der Waals surface area (Å²) in [4.78, 5) is 7.99. The molecule has 0 spiro atoms. The average Bonchev–Trinajstić information content (AvgIpc) is 3.00. The number of aromatic nitrogens is 4. The Kier molecular flexibility index (Phi) is 3.98. The van der Waals surface area contributed by atoms with Crippen LogP contribution in [-0.2, 0) is 15.6 Å². The van der Waals surface area contributed by atoms with E-state index in [1.165, 1.54) is 16.8 Å². The van der Waals surface area contributed by atoms with Crippen LogP contribution in [0.3, 0.4) is 0 Å². The predicted octanol–water partition coefficient (Wildman–Crippen LogP) is 0.197. The van der Waals surface area contributed by atoms with E-state index in [-0.39, 0.29) is 25.3 Å². The third kappa shape index (κ3) is 2.61. The molecule has 0 amide bonds. The van der Waals surface area contributed by atoms with Gasteiger partial charge in [-0.1, -0.05) is 0 Å². The second kappa shape index (κ2) is 5.85. The van der Waals surface area contributed by atoms with Crippen molar-refractivity contribution >= 4 is 15.7 Å². The van der Waals surface area contributed by atoms with Crippen molar-refractivity contribution < 1.29 is 8.42 Å². The topological polar surface area (TPSA) is 131 Å². The van der Waals surface area contributed by atoms with Crippen LogP contribution in [0.1, 0.15) is 13.3 Å². The fourth-order valence-corrected chi connectivity index (χ4v) is 4.00. The Balaban J connectivity index is 1.90. The summed E-state index contributed by atoms with van der Waals surface area (Å²) < 4.78 is 26.9. The van der Waals surface area contributed by atoms with Gasteiger partial charge < -0.3 is 5.73 Å². The van der Waals surface area contributed by atoms with Crippen LogP contribution in [0, 0.1) is 11.3 Å². The molecular weight excluding hydrogens is 330 g/mol. The normalized spacial score (nSPS) is 17.2. The highest BCUT2D eigenvalue weighted by molar-refractivity contribution is 7.89. The maximum atomic E-state index is 12.0. The molecule has 3 heterocycles. The summed E-state index contributed by atoms with van der Waals surface area (Å²) in [7, 11) is -3.27. The molecule has 0 radical (unpaired) electrons. The molecule has 1 aliphatic heterocycles. The molecule has 2 aromatic heterocycles. The van der Waals surface area contributed by atoms with Crippen LogP contribution in [0.25, 0.3) is 11.3 Å². The van der Waals surface area contributed by atoms with Crippen molar-refractivity contribution in [3.05, 3.63) is 24.9 Å². The lowest BCUT2D eigenvalue weighted by atomic mass is 9.89. The number of rotatable bonds is 5. The van der Waals surface area contributed by atoms with Crippen molar-refractivity contribution in [2.75, 3.05) is 24.6 Å². The SMILES string of the molecule is CCS(=O)(=O)N1CC(CC#N)(n2cc(-c3ncncc3N)cn2)C1. The fourth-order valence-electron chi connectivity index (χ4n) is 2.76. The molecule has 126 valence electrons. The van der Waals surface area contributed by atoms with Crippen molar-refractivity contribution in [3.8, 4) is 17.3 Å². The van der Waals surface area contributed by atoms with E-state index in [1.807, 2.05) is 0 Å². The molecule has 0 saturated carbocycles. The highest BCUT2D eigenvalue weighted by Gasteiger charge is 2.49. The molecule has 2 aromatic rings. The Bertz CT molecular complexity index is 894. The lowest BCUT2D eigenvalue weighted by Crippen LogP contribution is -2.64. The molecule has 2 N–H and O–H groups in total. The number of nitrogen functional groups attached to an aromatic ring is 1. The van der Waals surface area contributed by atoms with Crippen molar-refractivity contribution in [3.63, 3.8) is 0 Å². The summed E-state index contributed by atoms with van der Waals surface area (Å²) in [5.41, 5.74) is 6.90. The van der Waals surface area contributed by atoms with E-state index in [1.54, 1.807) is 24.0 Å². The quantitative estimate of drug-likeness (QED) is 0.817. The molecule has 24 heavy (non-hydrogen) atoms. The number of hydrogen-bond acceptors (Lipinski definition) is 7.